The number of hydrogen-bond donors (Lipinski definition) is 5. The molecule has 2 aromatic carbocycles. The van der Waals surface area contributed by atoms with Gasteiger partial charge in [-0.05, 0) is 57.4 Å². The molecule has 0 radical (unpaired) electrons. The average Bonchev–Trinajstić information content (AvgIpc) is 3.51. The monoisotopic (exact) mass is 730 g/mol. The molecular weight excluding hydrogens is 694 g/mol. The van der Waals surface area contributed by atoms with Crippen molar-refractivity contribution in [2.75, 3.05) is 18.5 Å². The van der Waals surface area contributed by atoms with E-state index in [0.29, 0.717) is 35.7 Å². The van der Waals surface area contributed by atoms with Crippen molar-refractivity contribution < 1.29 is 60.4 Å². The van der Waals surface area contributed by atoms with Crippen LogP contribution in [0.5, 0.6) is 11.5 Å². The molecule has 4 aromatic rings. The summed E-state index contributed by atoms with van der Waals surface area (Å²) < 4.78 is 75.4. The zero-order valence-electron chi connectivity index (χ0n) is 28.2. The highest BCUT2D eigenvalue weighted by Gasteiger charge is 2.38. The third-order valence-corrected chi connectivity index (χ3v) is 5.78. The zero-order chi connectivity index (χ0) is 38.7. The van der Waals surface area contributed by atoms with Crippen molar-refractivity contribution >= 4 is 40.4 Å². The smallest absolute Gasteiger partial charge is 0.490 e. The molecule has 0 aliphatic rings. The zero-order valence-corrected chi connectivity index (χ0v) is 28.2. The molecule has 0 atom stereocenters. The van der Waals surface area contributed by atoms with Crippen LogP contribution >= 0.6 is 0 Å². The van der Waals surface area contributed by atoms with E-state index in [4.69, 9.17) is 39.2 Å². The minimum absolute atomic E-state index is 0.0822. The van der Waals surface area contributed by atoms with Gasteiger partial charge in [-0.15, -0.1) is 0 Å². The number of aryl methyl sites for hydroxylation is 1. The molecule has 13 nitrogen and oxygen atoms in total. The first-order chi connectivity index (χ1) is 23.5. The number of aromatic amines is 1. The molecular formula is C32H36F6N6O7. The van der Waals surface area contributed by atoms with Gasteiger partial charge in [-0.2, -0.15) is 31.4 Å². The molecule has 4 rings (SSSR count). The molecule has 2 heterocycles. The summed E-state index contributed by atoms with van der Waals surface area (Å²) in [5.41, 5.74) is 2.17. The minimum atomic E-state index is -5.08. The number of carbonyl (C=O) groups is 3. The maximum absolute atomic E-state index is 12.2. The van der Waals surface area contributed by atoms with E-state index in [9.17, 15) is 31.1 Å². The largest absolute Gasteiger partial charge is 0.492 e. The number of nitrogens with one attached hydrogen (secondary N) is 3. The molecule has 0 fully saturated rings. The van der Waals surface area contributed by atoms with Crippen molar-refractivity contribution in [3.8, 4) is 22.9 Å². The Labute approximate surface area is 287 Å². The number of benzene rings is 2. The average molecular weight is 731 g/mol. The van der Waals surface area contributed by atoms with Gasteiger partial charge in [0.1, 0.15) is 17.3 Å². The number of rotatable bonds is 9. The predicted octanol–water partition coefficient (Wildman–Crippen LogP) is 6.67. The second-order valence-electron chi connectivity index (χ2n) is 12.0. The third-order valence-electron chi connectivity index (χ3n) is 5.78. The van der Waals surface area contributed by atoms with E-state index in [1.54, 1.807) is 12.3 Å². The van der Waals surface area contributed by atoms with Gasteiger partial charge in [0.2, 0.25) is 0 Å². The van der Waals surface area contributed by atoms with Crippen LogP contribution in [-0.2, 0) is 14.4 Å². The lowest BCUT2D eigenvalue weighted by Crippen LogP contribution is -2.43. The Bertz CT molecular complexity index is 1770. The summed E-state index contributed by atoms with van der Waals surface area (Å²) in [6.45, 7) is 12.5. The number of carboxylic acid groups (broad SMARTS) is 2. The molecule has 1 amide bonds. The van der Waals surface area contributed by atoms with Crippen molar-refractivity contribution in [2.45, 2.75) is 59.4 Å². The van der Waals surface area contributed by atoms with Crippen molar-refractivity contribution in [3.05, 3.63) is 54.2 Å². The maximum atomic E-state index is 12.2. The first kappa shape index (κ1) is 41.6. The number of nitrogens with zero attached hydrogens (tertiary/aromatic N) is 3. The molecule has 5 N–H and O–H groups in total. The number of aromatic nitrogens is 4. The Morgan fingerprint density at radius 3 is 2.02 bits per heavy atom. The van der Waals surface area contributed by atoms with Crippen molar-refractivity contribution in [2.24, 2.45) is 5.92 Å². The van der Waals surface area contributed by atoms with Crippen LogP contribution < -0.4 is 20.1 Å². The molecule has 0 unspecified atom stereocenters. The lowest BCUT2D eigenvalue weighted by atomic mass is 10.1. The number of hydrogen-bond acceptors (Lipinski definition) is 9. The van der Waals surface area contributed by atoms with Crippen LogP contribution in [0, 0.1) is 12.8 Å². The van der Waals surface area contributed by atoms with Crippen molar-refractivity contribution in [1.29, 1.82) is 0 Å². The van der Waals surface area contributed by atoms with E-state index in [0.717, 1.165) is 27.8 Å². The van der Waals surface area contributed by atoms with Gasteiger partial charge in [0.05, 0.1) is 17.5 Å². The standard InChI is InChI=1S/C28H34N6O3.2C2HF3O2/c1-17(2)15-37-25-18(3)10-11-21-24(25)27(31-22-12-13-29-34-22)32-26(30-21)19-8-7-9-20(14-19)36-16-23(35)33-28(4,5)6;2*3-2(4,5)1(6)7/h7-14,17H,15-16H2,1-6H3,(H,33,35)(H2,29,30,31,32,34);2*(H,6,7). The summed E-state index contributed by atoms with van der Waals surface area (Å²) in [6.07, 6.45) is -8.43. The highest BCUT2D eigenvalue weighted by atomic mass is 19.4. The molecule has 278 valence electrons. The summed E-state index contributed by atoms with van der Waals surface area (Å²) in [5, 5.41) is 28.3. The first-order valence-corrected chi connectivity index (χ1v) is 14.8. The van der Waals surface area contributed by atoms with Crippen LogP contribution in [0.2, 0.25) is 0 Å². The number of halogens is 6. The fraction of sp³-hybridized carbons (Fsp3) is 0.375. The number of amides is 1. The van der Waals surface area contributed by atoms with Crippen LogP contribution in [0.25, 0.3) is 22.3 Å². The third kappa shape index (κ3) is 14.0. The van der Waals surface area contributed by atoms with E-state index < -0.39 is 24.3 Å². The summed E-state index contributed by atoms with van der Waals surface area (Å²) in [4.78, 5) is 39.7. The van der Waals surface area contributed by atoms with Crippen LogP contribution in [0.1, 0.15) is 40.2 Å². The summed E-state index contributed by atoms with van der Waals surface area (Å²) in [5.74, 6) is -2.31. The van der Waals surface area contributed by atoms with Crippen LogP contribution in [0.15, 0.2) is 48.7 Å². The van der Waals surface area contributed by atoms with Crippen LogP contribution in [0.3, 0.4) is 0 Å². The molecule has 0 bridgehead atoms. The van der Waals surface area contributed by atoms with Crippen molar-refractivity contribution in [1.82, 2.24) is 25.5 Å². The number of anilines is 2. The summed E-state index contributed by atoms with van der Waals surface area (Å²) >= 11 is 0. The molecule has 51 heavy (non-hydrogen) atoms. The molecule has 0 saturated heterocycles. The molecule has 19 heteroatoms. The van der Waals surface area contributed by atoms with E-state index in [-0.39, 0.29) is 18.1 Å². The van der Waals surface area contributed by atoms with E-state index in [1.165, 1.54) is 0 Å². The molecule has 0 aliphatic carbocycles. The van der Waals surface area contributed by atoms with Gasteiger partial charge in [0, 0.05) is 23.4 Å². The van der Waals surface area contributed by atoms with Gasteiger partial charge in [-0.3, -0.25) is 9.89 Å². The topological polar surface area (TPSA) is 189 Å². The number of alkyl halides is 6. The van der Waals surface area contributed by atoms with Gasteiger partial charge in [0.25, 0.3) is 5.91 Å². The Hall–Kier alpha value is -5.62. The van der Waals surface area contributed by atoms with Gasteiger partial charge >= 0.3 is 24.3 Å². The quantitative estimate of drug-likeness (QED) is 0.116. The minimum Gasteiger partial charge on any atom is -0.492 e. The maximum Gasteiger partial charge on any atom is 0.490 e. The summed E-state index contributed by atoms with van der Waals surface area (Å²) in [7, 11) is 0. The Morgan fingerprint density at radius 1 is 0.902 bits per heavy atom. The highest BCUT2D eigenvalue weighted by Crippen LogP contribution is 2.37. The number of fused-ring (bicyclic) bond motifs is 1. The Balaban J connectivity index is 0.000000543. The fourth-order valence-corrected chi connectivity index (χ4v) is 3.73. The lowest BCUT2D eigenvalue weighted by Gasteiger charge is -2.20. The van der Waals surface area contributed by atoms with Gasteiger partial charge in [-0.25, -0.2) is 19.6 Å². The van der Waals surface area contributed by atoms with E-state index >= 15 is 0 Å². The first-order valence-electron chi connectivity index (χ1n) is 14.8. The number of carboxylic acids is 2. The predicted molar refractivity (Wildman–Crippen MR) is 173 cm³/mol. The van der Waals surface area contributed by atoms with E-state index in [1.807, 2.05) is 64.1 Å². The fourth-order valence-electron chi connectivity index (χ4n) is 3.73. The number of carbonyl (C=O) groups excluding carboxylic acids is 1. The number of H-pyrrole nitrogens is 1. The molecule has 2 aromatic heterocycles. The van der Waals surface area contributed by atoms with Gasteiger partial charge in [0.15, 0.2) is 18.2 Å². The second kappa shape index (κ2) is 17.3. The number of aliphatic carboxylic acids is 2. The van der Waals surface area contributed by atoms with Crippen LogP contribution in [0.4, 0.5) is 38.0 Å². The molecule has 0 aliphatic heterocycles. The second-order valence-corrected chi connectivity index (χ2v) is 12.0. The van der Waals surface area contributed by atoms with Crippen LogP contribution in [-0.4, -0.2) is 79.3 Å². The van der Waals surface area contributed by atoms with Gasteiger partial charge < -0.3 is 30.3 Å². The van der Waals surface area contributed by atoms with E-state index in [2.05, 4.69) is 34.7 Å². The van der Waals surface area contributed by atoms with Gasteiger partial charge in [-0.1, -0.05) is 32.0 Å². The highest BCUT2D eigenvalue weighted by molar-refractivity contribution is 5.98. The SMILES string of the molecule is Cc1ccc2nc(-c3cccc(OCC(=O)NC(C)(C)C)c3)nc(Nc3cc[nH]n3)c2c1OCC(C)C.O=C(O)C(F)(F)F.O=C(O)C(F)(F)F. The normalized spacial score (nSPS) is 11.5. The Morgan fingerprint density at radius 2 is 1.51 bits per heavy atom. The lowest BCUT2D eigenvalue weighted by molar-refractivity contribution is -0.193. The molecule has 0 spiro atoms. The summed E-state index contributed by atoms with van der Waals surface area (Å²) in [6, 6.07) is 13.2. The number of ether oxygens (including phenoxy) is 2. The van der Waals surface area contributed by atoms with Crippen molar-refractivity contribution in [3.63, 3.8) is 0 Å². The molecule has 0 saturated carbocycles. The Kier molecular flexibility index (Phi) is 14.1.